The molecule has 1 atom stereocenters. The number of methoxy groups -OCH3 is 2. The number of fused-ring (bicyclic) bond motifs is 1. The summed E-state index contributed by atoms with van der Waals surface area (Å²) < 4.78 is 38.7. The van der Waals surface area contributed by atoms with Crippen molar-refractivity contribution in [2.24, 2.45) is 0 Å². The highest BCUT2D eigenvalue weighted by atomic mass is 35.5. The number of halogens is 3. The van der Waals surface area contributed by atoms with E-state index in [1.807, 2.05) is 0 Å². The van der Waals surface area contributed by atoms with E-state index >= 15 is 0 Å². The SMILES string of the molecule is COc1cc(OC)c(N[C@@H](C)c2nc3ccccc3n2C(F)F)cc1Cl. The molecule has 3 aromatic rings. The van der Waals surface area contributed by atoms with Crippen LogP contribution in [0, 0.1) is 0 Å². The van der Waals surface area contributed by atoms with E-state index in [1.165, 1.54) is 14.2 Å². The predicted molar refractivity (Wildman–Crippen MR) is 97.6 cm³/mol. The van der Waals surface area contributed by atoms with Crippen molar-refractivity contribution < 1.29 is 18.3 Å². The van der Waals surface area contributed by atoms with E-state index in [9.17, 15) is 8.78 Å². The minimum atomic E-state index is -2.71. The number of anilines is 1. The summed E-state index contributed by atoms with van der Waals surface area (Å²) in [6.45, 7) is -0.958. The molecular formula is C18H18ClF2N3O2. The van der Waals surface area contributed by atoms with Crippen LogP contribution in [0.2, 0.25) is 5.02 Å². The molecule has 3 rings (SSSR count). The molecular weight excluding hydrogens is 364 g/mol. The second-order valence-electron chi connectivity index (χ2n) is 5.66. The Morgan fingerprint density at radius 3 is 2.46 bits per heavy atom. The first-order valence-corrected chi connectivity index (χ1v) is 8.27. The van der Waals surface area contributed by atoms with Gasteiger partial charge in [0.15, 0.2) is 0 Å². The van der Waals surface area contributed by atoms with Crippen LogP contribution in [0.15, 0.2) is 36.4 Å². The number of nitrogens with one attached hydrogen (secondary N) is 1. The number of nitrogens with zero attached hydrogens (tertiary/aromatic N) is 2. The van der Waals surface area contributed by atoms with Crippen molar-refractivity contribution in [3.05, 3.63) is 47.2 Å². The molecule has 0 unspecified atom stereocenters. The number of rotatable bonds is 6. The van der Waals surface area contributed by atoms with Gasteiger partial charge < -0.3 is 14.8 Å². The van der Waals surface area contributed by atoms with Crippen LogP contribution in [0.25, 0.3) is 11.0 Å². The van der Waals surface area contributed by atoms with Gasteiger partial charge in [0.05, 0.1) is 42.0 Å². The van der Waals surface area contributed by atoms with Crippen LogP contribution in [0.4, 0.5) is 14.5 Å². The van der Waals surface area contributed by atoms with Crippen LogP contribution >= 0.6 is 11.6 Å². The largest absolute Gasteiger partial charge is 0.495 e. The third-order valence-electron chi connectivity index (χ3n) is 4.05. The van der Waals surface area contributed by atoms with Gasteiger partial charge >= 0.3 is 6.55 Å². The maximum Gasteiger partial charge on any atom is 0.320 e. The summed E-state index contributed by atoms with van der Waals surface area (Å²) >= 11 is 6.17. The van der Waals surface area contributed by atoms with E-state index in [0.717, 1.165) is 4.57 Å². The van der Waals surface area contributed by atoms with Gasteiger partial charge in [-0.3, -0.25) is 4.57 Å². The van der Waals surface area contributed by atoms with Gasteiger partial charge in [0.25, 0.3) is 0 Å². The summed E-state index contributed by atoms with van der Waals surface area (Å²) in [5.74, 6) is 1.16. The molecule has 1 heterocycles. The zero-order valence-electron chi connectivity index (χ0n) is 14.5. The molecule has 138 valence electrons. The first-order valence-electron chi connectivity index (χ1n) is 7.89. The molecule has 0 aliphatic rings. The summed E-state index contributed by atoms with van der Waals surface area (Å²) in [5, 5.41) is 3.52. The number of hydrogen-bond donors (Lipinski definition) is 1. The van der Waals surface area contributed by atoms with Gasteiger partial charge in [-0.2, -0.15) is 8.78 Å². The summed E-state index contributed by atoms with van der Waals surface area (Å²) in [5.41, 5.74) is 1.45. The van der Waals surface area contributed by atoms with Crippen LogP contribution < -0.4 is 14.8 Å². The molecule has 0 bridgehead atoms. The zero-order valence-corrected chi connectivity index (χ0v) is 15.2. The summed E-state index contributed by atoms with van der Waals surface area (Å²) in [6, 6.07) is 9.54. The Kier molecular flexibility index (Phi) is 5.18. The number of para-hydroxylation sites is 2. The van der Waals surface area contributed by atoms with E-state index in [2.05, 4.69) is 10.3 Å². The summed E-state index contributed by atoms with van der Waals surface area (Å²) in [7, 11) is 3.01. The quantitative estimate of drug-likeness (QED) is 0.631. The van der Waals surface area contributed by atoms with E-state index in [1.54, 1.807) is 43.3 Å². The fourth-order valence-electron chi connectivity index (χ4n) is 2.84. The van der Waals surface area contributed by atoms with E-state index < -0.39 is 12.6 Å². The van der Waals surface area contributed by atoms with Crippen LogP contribution in [0.1, 0.15) is 25.3 Å². The van der Waals surface area contributed by atoms with Gasteiger partial charge in [-0.1, -0.05) is 23.7 Å². The van der Waals surface area contributed by atoms with Crippen molar-refractivity contribution in [2.75, 3.05) is 19.5 Å². The molecule has 8 heteroatoms. The Labute approximate surface area is 154 Å². The average molecular weight is 382 g/mol. The van der Waals surface area contributed by atoms with Crippen LogP contribution in [0.5, 0.6) is 11.5 Å². The molecule has 0 saturated heterocycles. The Morgan fingerprint density at radius 2 is 1.81 bits per heavy atom. The van der Waals surface area contributed by atoms with Gasteiger partial charge in [-0.15, -0.1) is 0 Å². The van der Waals surface area contributed by atoms with Crippen molar-refractivity contribution in [3.63, 3.8) is 0 Å². The van der Waals surface area contributed by atoms with E-state index in [-0.39, 0.29) is 5.82 Å². The van der Waals surface area contributed by atoms with Gasteiger partial charge in [0.2, 0.25) is 0 Å². The van der Waals surface area contributed by atoms with E-state index in [4.69, 9.17) is 21.1 Å². The molecule has 0 aliphatic heterocycles. The van der Waals surface area contributed by atoms with Gasteiger partial charge in [-0.25, -0.2) is 4.98 Å². The number of benzene rings is 2. The highest BCUT2D eigenvalue weighted by Gasteiger charge is 2.23. The van der Waals surface area contributed by atoms with Gasteiger partial charge in [0.1, 0.15) is 17.3 Å². The number of alkyl halides is 2. The molecule has 26 heavy (non-hydrogen) atoms. The first kappa shape index (κ1) is 18.3. The Balaban J connectivity index is 2.01. The second kappa shape index (κ2) is 7.37. The third-order valence-corrected chi connectivity index (χ3v) is 4.35. The maximum absolute atomic E-state index is 13.6. The predicted octanol–water partition coefficient (Wildman–Crippen LogP) is 5.28. The molecule has 5 nitrogen and oxygen atoms in total. The topological polar surface area (TPSA) is 48.3 Å². The maximum atomic E-state index is 13.6. The molecule has 1 N–H and O–H groups in total. The second-order valence-corrected chi connectivity index (χ2v) is 6.07. The minimum absolute atomic E-state index is 0.218. The standard InChI is InChI=1S/C18H18ClF2N3O2/c1-10(22-13-8-11(19)15(25-2)9-16(13)26-3)17-23-12-6-4-5-7-14(12)24(17)18(20)21/h4-10,18,22H,1-3H3/t10-/m0/s1. The fraction of sp³-hybridized carbons (Fsp3) is 0.278. The Hall–Kier alpha value is -2.54. The Morgan fingerprint density at radius 1 is 1.12 bits per heavy atom. The molecule has 0 saturated carbocycles. The molecule has 0 radical (unpaired) electrons. The highest BCUT2D eigenvalue weighted by molar-refractivity contribution is 6.32. The van der Waals surface area contributed by atoms with Gasteiger partial charge in [0, 0.05) is 6.07 Å². The molecule has 1 aromatic heterocycles. The third kappa shape index (κ3) is 3.26. The van der Waals surface area contributed by atoms with Crippen molar-refractivity contribution in [3.8, 4) is 11.5 Å². The van der Waals surface area contributed by atoms with Gasteiger partial charge in [-0.05, 0) is 25.1 Å². The smallest absolute Gasteiger partial charge is 0.320 e. The lowest BCUT2D eigenvalue weighted by Gasteiger charge is -2.19. The fourth-order valence-corrected chi connectivity index (χ4v) is 3.09. The van der Waals surface area contributed by atoms with E-state index in [0.29, 0.717) is 33.2 Å². The Bertz CT molecular complexity index is 930. The molecule has 0 amide bonds. The number of ether oxygens (including phenoxy) is 2. The van der Waals surface area contributed by atoms with Crippen LogP contribution in [-0.4, -0.2) is 23.8 Å². The molecule has 2 aromatic carbocycles. The lowest BCUT2D eigenvalue weighted by atomic mass is 10.2. The molecule has 0 aliphatic carbocycles. The normalized spacial score (nSPS) is 12.4. The monoisotopic (exact) mass is 381 g/mol. The van der Waals surface area contributed by atoms with Crippen molar-refractivity contribution in [1.82, 2.24) is 9.55 Å². The first-order chi connectivity index (χ1) is 12.5. The molecule has 0 fully saturated rings. The summed E-state index contributed by atoms with van der Waals surface area (Å²) in [4.78, 5) is 4.36. The number of aromatic nitrogens is 2. The zero-order chi connectivity index (χ0) is 18.8. The lowest BCUT2D eigenvalue weighted by Crippen LogP contribution is -2.15. The van der Waals surface area contributed by atoms with Crippen molar-refractivity contribution in [2.45, 2.75) is 19.5 Å². The van der Waals surface area contributed by atoms with Crippen LogP contribution in [0.3, 0.4) is 0 Å². The molecule has 0 spiro atoms. The minimum Gasteiger partial charge on any atom is -0.495 e. The van der Waals surface area contributed by atoms with Crippen molar-refractivity contribution >= 4 is 28.3 Å². The average Bonchev–Trinajstić information content (AvgIpc) is 3.02. The number of hydrogen-bond acceptors (Lipinski definition) is 4. The van der Waals surface area contributed by atoms with Crippen LogP contribution in [-0.2, 0) is 0 Å². The van der Waals surface area contributed by atoms with Crippen molar-refractivity contribution in [1.29, 1.82) is 0 Å². The summed E-state index contributed by atoms with van der Waals surface area (Å²) in [6.07, 6.45) is 0. The highest BCUT2D eigenvalue weighted by Crippen LogP contribution is 2.38. The lowest BCUT2D eigenvalue weighted by molar-refractivity contribution is 0.0708. The number of imidazole rings is 1.